The van der Waals surface area contributed by atoms with E-state index in [1.807, 2.05) is 6.07 Å². The van der Waals surface area contributed by atoms with Gasteiger partial charge in [-0.15, -0.1) is 0 Å². The van der Waals surface area contributed by atoms with Gasteiger partial charge in [0.05, 0.1) is 7.11 Å². The number of imide groups is 1. The second kappa shape index (κ2) is 8.76. The van der Waals surface area contributed by atoms with E-state index < -0.39 is 17.4 Å². The number of carbonyl (C=O) groups excluding carboxylic acids is 2. The van der Waals surface area contributed by atoms with Crippen molar-refractivity contribution < 1.29 is 23.8 Å². The molecule has 2 fully saturated rings. The predicted molar refractivity (Wildman–Crippen MR) is 136 cm³/mol. The Bertz CT molecular complexity index is 1400. The number of rotatable bonds is 6. The molecule has 2 aromatic carbocycles. The Labute approximate surface area is 214 Å². The summed E-state index contributed by atoms with van der Waals surface area (Å²) in [6, 6.07) is 8.93. The van der Waals surface area contributed by atoms with Gasteiger partial charge in [0, 0.05) is 29.6 Å². The third-order valence-electron chi connectivity index (χ3n) is 8.19. The topological polar surface area (TPSA) is 89.1 Å². The summed E-state index contributed by atoms with van der Waals surface area (Å²) in [6.07, 6.45) is 3.26. The quantitative estimate of drug-likeness (QED) is 0.490. The van der Waals surface area contributed by atoms with Crippen LogP contribution in [-0.2, 0) is 11.2 Å². The van der Waals surface area contributed by atoms with Crippen molar-refractivity contribution in [2.24, 2.45) is 0 Å². The lowest BCUT2D eigenvalue weighted by molar-refractivity contribution is -0.133. The smallest absolute Gasteiger partial charge is 0.328 e. The zero-order valence-electron chi connectivity index (χ0n) is 21.1. The second-order valence-electron chi connectivity index (χ2n) is 10.5. The summed E-state index contributed by atoms with van der Waals surface area (Å²) in [5.74, 6) is -0.597. The average Bonchev–Trinajstić information content (AvgIpc) is 3.57. The molecule has 2 saturated heterocycles. The van der Waals surface area contributed by atoms with E-state index in [0.29, 0.717) is 40.7 Å². The molecule has 0 aliphatic carbocycles. The number of ether oxygens (including phenoxy) is 1. The van der Waals surface area contributed by atoms with Crippen LogP contribution in [0.25, 0.3) is 10.9 Å². The Hall–Kier alpha value is -3.59. The van der Waals surface area contributed by atoms with E-state index in [9.17, 15) is 14.7 Å². The SMILES string of the molecule is COc1ccc2[nH]c3c(c2c1F)CC1(C)C(=O)N(CCCN2CCCC2)C(=O)N1C3c1cccc(O)c1. The maximum Gasteiger partial charge on any atom is 0.328 e. The van der Waals surface area contributed by atoms with Crippen molar-refractivity contribution in [2.75, 3.05) is 33.3 Å². The first-order chi connectivity index (χ1) is 17.8. The number of methoxy groups -OCH3 is 1. The first-order valence-corrected chi connectivity index (χ1v) is 12.9. The molecule has 0 bridgehead atoms. The summed E-state index contributed by atoms with van der Waals surface area (Å²) in [5, 5.41) is 10.6. The molecule has 0 spiro atoms. The van der Waals surface area contributed by atoms with Gasteiger partial charge in [0.1, 0.15) is 17.3 Å². The van der Waals surface area contributed by atoms with E-state index in [4.69, 9.17) is 4.74 Å². The molecule has 0 radical (unpaired) electrons. The van der Waals surface area contributed by atoms with Crippen LogP contribution in [0.15, 0.2) is 36.4 Å². The summed E-state index contributed by atoms with van der Waals surface area (Å²) in [6.45, 7) is 5.07. The van der Waals surface area contributed by atoms with Crippen LogP contribution >= 0.6 is 0 Å². The first kappa shape index (κ1) is 23.8. The number of halogens is 1. The molecule has 3 aliphatic rings. The molecule has 4 heterocycles. The van der Waals surface area contributed by atoms with Gasteiger partial charge in [-0.3, -0.25) is 14.6 Å². The fraction of sp³-hybridized carbons (Fsp3) is 0.429. The summed E-state index contributed by atoms with van der Waals surface area (Å²) in [4.78, 5) is 36.4. The van der Waals surface area contributed by atoms with Gasteiger partial charge in [-0.05, 0) is 81.2 Å². The predicted octanol–water partition coefficient (Wildman–Crippen LogP) is 4.18. The van der Waals surface area contributed by atoms with Gasteiger partial charge in [0.25, 0.3) is 5.91 Å². The number of aromatic nitrogens is 1. The van der Waals surface area contributed by atoms with Crippen LogP contribution in [0.1, 0.15) is 49.0 Å². The number of carbonyl (C=O) groups is 2. The van der Waals surface area contributed by atoms with E-state index in [1.165, 1.54) is 24.9 Å². The molecule has 2 atom stereocenters. The standard InChI is InChI=1S/C28H31FN4O4/c1-28-16-19-22-20(9-10-21(37-2)23(22)29)30-24(19)25(17-7-5-8-18(34)15-17)33(28)27(36)32(26(28)35)14-6-13-31-11-3-4-12-31/h5,7-10,15,25,30,34H,3-4,6,11-14,16H2,1-2H3. The summed E-state index contributed by atoms with van der Waals surface area (Å²) >= 11 is 0. The van der Waals surface area contributed by atoms with Gasteiger partial charge in [-0.25, -0.2) is 9.18 Å². The average molecular weight is 507 g/mol. The molecule has 6 rings (SSSR count). The normalized spacial score (nSPS) is 23.7. The molecule has 194 valence electrons. The van der Waals surface area contributed by atoms with Gasteiger partial charge < -0.3 is 19.7 Å². The number of H-pyrrole nitrogens is 1. The molecule has 2 unspecified atom stereocenters. The number of benzene rings is 2. The highest BCUT2D eigenvalue weighted by molar-refractivity contribution is 6.08. The van der Waals surface area contributed by atoms with E-state index >= 15 is 4.39 Å². The number of urea groups is 1. The zero-order chi connectivity index (χ0) is 25.9. The molecule has 37 heavy (non-hydrogen) atoms. The second-order valence-corrected chi connectivity index (χ2v) is 10.5. The number of amides is 3. The Morgan fingerprint density at radius 2 is 1.95 bits per heavy atom. The molecular formula is C28H31FN4O4. The summed E-state index contributed by atoms with van der Waals surface area (Å²) < 4.78 is 20.8. The van der Waals surface area contributed by atoms with Crippen LogP contribution in [0, 0.1) is 5.82 Å². The summed E-state index contributed by atoms with van der Waals surface area (Å²) in [7, 11) is 1.42. The number of hydrogen-bond donors (Lipinski definition) is 2. The minimum Gasteiger partial charge on any atom is -0.508 e. The van der Waals surface area contributed by atoms with Crippen LogP contribution in [0.2, 0.25) is 0 Å². The number of aromatic hydroxyl groups is 1. The maximum absolute atomic E-state index is 15.6. The van der Waals surface area contributed by atoms with Crippen molar-refractivity contribution in [2.45, 2.75) is 44.2 Å². The minimum atomic E-state index is -1.20. The van der Waals surface area contributed by atoms with Gasteiger partial charge in [-0.2, -0.15) is 0 Å². The lowest BCUT2D eigenvalue weighted by atomic mass is 9.81. The number of fused-ring (bicyclic) bond motifs is 4. The van der Waals surface area contributed by atoms with Crippen LogP contribution in [0.4, 0.5) is 9.18 Å². The van der Waals surface area contributed by atoms with Crippen LogP contribution < -0.4 is 4.74 Å². The largest absolute Gasteiger partial charge is 0.508 e. The van der Waals surface area contributed by atoms with Crippen molar-refractivity contribution >= 4 is 22.8 Å². The van der Waals surface area contributed by atoms with Gasteiger partial charge in [0.2, 0.25) is 0 Å². The Balaban J connectivity index is 1.45. The Morgan fingerprint density at radius 1 is 1.16 bits per heavy atom. The molecule has 0 saturated carbocycles. The number of aromatic amines is 1. The fourth-order valence-electron chi connectivity index (χ4n) is 6.40. The van der Waals surface area contributed by atoms with Crippen molar-refractivity contribution in [1.82, 2.24) is 19.7 Å². The molecule has 1 aromatic heterocycles. The maximum atomic E-state index is 15.6. The highest BCUT2D eigenvalue weighted by Gasteiger charge is 2.60. The monoisotopic (exact) mass is 506 g/mol. The van der Waals surface area contributed by atoms with Crippen LogP contribution in [-0.4, -0.2) is 75.6 Å². The number of hydrogen-bond acceptors (Lipinski definition) is 5. The third kappa shape index (κ3) is 3.59. The number of nitrogens with zero attached hydrogens (tertiary/aromatic N) is 3. The lowest BCUT2D eigenvalue weighted by Crippen LogP contribution is -2.53. The lowest BCUT2D eigenvalue weighted by Gasteiger charge is -2.42. The van der Waals surface area contributed by atoms with Crippen molar-refractivity contribution in [3.05, 3.63) is 59.0 Å². The number of phenolic OH excluding ortho intramolecular Hbond substituents is 1. The number of nitrogens with one attached hydrogen (secondary N) is 1. The van der Waals surface area contributed by atoms with Crippen molar-refractivity contribution in [3.8, 4) is 11.5 Å². The van der Waals surface area contributed by atoms with Crippen LogP contribution in [0.5, 0.6) is 11.5 Å². The fourth-order valence-corrected chi connectivity index (χ4v) is 6.40. The summed E-state index contributed by atoms with van der Waals surface area (Å²) in [5.41, 5.74) is 1.31. The van der Waals surface area contributed by atoms with E-state index in [2.05, 4.69) is 9.88 Å². The molecule has 3 aliphatic heterocycles. The van der Waals surface area contributed by atoms with E-state index in [1.54, 1.807) is 42.2 Å². The molecule has 3 aromatic rings. The Morgan fingerprint density at radius 3 is 2.68 bits per heavy atom. The van der Waals surface area contributed by atoms with Crippen LogP contribution in [0.3, 0.4) is 0 Å². The highest BCUT2D eigenvalue weighted by atomic mass is 19.1. The molecule has 2 N–H and O–H groups in total. The third-order valence-corrected chi connectivity index (χ3v) is 8.19. The van der Waals surface area contributed by atoms with Crippen molar-refractivity contribution in [1.29, 1.82) is 0 Å². The van der Waals surface area contributed by atoms with E-state index in [-0.39, 0.29) is 29.9 Å². The van der Waals surface area contributed by atoms with Gasteiger partial charge in [-0.1, -0.05) is 12.1 Å². The molecule has 8 nitrogen and oxygen atoms in total. The van der Waals surface area contributed by atoms with E-state index in [0.717, 1.165) is 19.6 Å². The molecule has 9 heteroatoms. The number of phenols is 1. The highest BCUT2D eigenvalue weighted by Crippen LogP contribution is 2.49. The minimum absolute atomic E-state index is 0.0516. The Kier molecular flexibility index (Phi) is 5.63. The molecular weight excluding hydrogens is 475 g/mol. The van der Waals surface area contributed by atoms with Gasteiger partial charge in [0.15, 0.2) is 11.6 Å². The molecule has 3 amide bonds. The van der Waals surface area contributed by atoms with Crippen molar-refractivity contribution in [3.63, 3.8) is 0 Å². The zero-order valence-corrected chi connectivity index (χ0v) is 21.1. The first-order valence-electron chi connectivity index (χ1n) is 12.9. The van der Waals surface area contributed by atoms with Gasteiger partial charge >= 0.3 is 6.03 Å². The number of likely N-dealkylation sites (tertiary alicyclic amines) is 1.